The van der Waals surface area contributed by atoms with Crippen molar-refractivity contribution >= 4 is 17.8 Å². The van der Waals surface area contributed by atoms with Crippen LogP contribution in [0.15, 0.2) is 18.2 Å². The number of carbonyl (C=O) groups is 2. The Labute approximate surface area is 142 Å². The number of rotatable bonds is 4. The molecule has 7 nitrogen and oxygen atoms in total. The Bertz CT molecular complexity index is 651. The molecule has 2 rings (SSSR count). The molecule has 1 fully saturated rings. The number of hydrogen-bond donors (Lipinski definition) is 2. The predicted molar refractivity (Wildman–Crippen MR) is 83.0 cm³/mol. The predicted octanol–water partition coefficient (Wildman–Crippen LogP) is 1.55. The van der Waals surface area contributed by atoms with Crippen LogP contribution in [0.5, 0.6) is 0 Å². The lowest BCUT2D eigenvalue weighted by Crippen LogP contribution is -2.39. The first-order chi connectivity index (χ1) is 11.6. The number of alkyl halides is 3. The van der Waals surface area contributed by atoms with E-state index in [1.807, 2.05) is 0 Å². The third-order valence-corrected chi connectivity index (χ3v) is 4.02. The van der Waals surface area contributed by atoms with Gasteiger partial charge in [-0.2, -0.15) is 13.2 Å². The molecular formula is C15H19F3N4O3. The van der Waals surface area contributed by atoms with Crippen LogP contribution in [-0.2, 0) is 11.3 Å². The van der Waals surface area contributed by atoms with Crippen LogP contribution in [0.4, 0.5) is 23.8 Å². The van der Waals surface area contributed by atoms with Crippen LogP contribution in [0.1, 0.15) is 5.69 Å². The molecule has 1 saturated heterocycles. The first-order valence-electron chi connectivity index (χ1n) is 7.55. The molecule has 1 aromatic heterocycles. The molecule has 1 aliphatic rings. The number of likely N-dealkylation sites (tertiary alicyclic amines) is 1. The van der Waals surface area contributed by atoms with Gasteiger partial charge >= 0.3 is 18.2 Å². The highest BCUT2D eigenvalue weighted by Gasteiger charge is 2.53. The largest absolute Gasteiger partial charge is 0.481 e. The van der Waals surface area contributed by atoms with Gasteiger partial charge in [-0.3, -0.25) is 4.79 Å². The summed E-state index contributed by atoms with van der Waals surface area (Å²) in [5.74, 6) is -4.60. The van der Waals surface area contributed by atoms with Crippen molar-refractivity contribution in [1.82, 2.24) is 15.2 Å². The third-order valence-electron chi connectivity index (χ3n) is 4.02. The molecule has 25 heavy (non-hydrogen) atoms. The Hall–Kier alpha value is -2.52. The summed E-state index contributed by atoms with van der Waals surface area (Å²) in [4.78, 5) is 30.1. The molecular weight excluding hydrogens is 341 g/mol. The summed E-state index contributed by atoms with van der Waals surface area (Å²) >= 11 is 0. The first-order valence-corrected chi connectivity index (χ1v) is 7.55. The summed E-state index contributed by atoms with van der Waals surface area (Å²) < 4.78 is 38.8. The van der Waals surface area contributed by atoms with Gasteiger partial charge in [0.2, 0.25) is 0 Å². The number of anilines is 1. The van der Waals surface area contributed by atoms with Crippen LogP contribution >= 0.6 is 0 Å². The normalized spacial score (nSPS) is 20.4. The second-order valence-electron chi connectivity index (χ2n) is 6.04. The number of urea groups is 1. The van der Waals surface area contributed by atoms with Crippen LogP contribution in [0, 0.1) is 11.8 Å². The van der Waals surface area contributed by atoms with E-state index in [0.717, 1.165) is 4.90 Å². The van der Waals surface area contributed by atoms with Crippen molar-refractivity contribution < 1.29 is 27.9 Å². The lowest BCUT2D eigenvalue weighted by molar-refractivity contribution is -0.187. The van der Waals surface area contributed by atoms with Crippen molar-refractivity contribution in [2.75, 3.05) is 32.1 Å². The summed E-state index contributed by atoms with van der Waals surface area (Å²) in [5.41, 5.74) is 0.543. The minimum atomic E-state index is -4.67. The number of pyridine rings is 1. The van der Waals surface area contributed by atoms with Gasteiger partial charge in [-0.1, -0.05) is 6.07 Å². The second-order valence-corrected chi connectivity index (χ2v) is 6.04. The monoisotopic (exact) mass is 360 g/mol. The zero-order chi connectivity index (χ0) is 18.8. The Kier molecular flexibility index (Phi) is 5.39. The van der Waals surface area contributed by atoms with Gasteiger partial charge in [-0.15, -0.1) is 0 Å². The molecule has 1 aromatic rings. The van der Waals surface area contributed by atoms with Crippen LogP contribution in [-0.4, -0.2) is 60.4 Å². The van der Waals surface area contributed by atoms with E-state index in [0.29, 0.717) is 11.5 Å². The maximum Gasteiger partial charge on any atom is 0.394 e. The summed E-state index contributed by atoms with van der Waals surface area (Å²) in [5, 5.41) is 11.4. The lowest BCUT2D eigenvalue weighted by atomic mass is 9.96. The second kappa shape index (κ2) is 7.16. The molecule has 2 amide bonds. The SMILES string of the molecule is CN(C)c1cccc(CNC(=O)N2C[C@@H](C(F)(F)F)[C@H](C(=O)O)C2)n1. The number of nitrogens with zero attached hydrogens (tertiary/aromatic N) is 3. The van der Waals surface area contributed by atoms with E-state index in [2.05, 4.69) is 10.3 Å². The highest BCUT2D eigenvalue weighted by Crippen LogP contribution is 2.37. The molecule has 138 valence electrons. The molecule has 0 saturated carbocycles. The average Bonchev–Trinajstić information content (AvgIpc) is 2.99. The molecule has 0 radical (unpaired) electrons. The average molecular weight is 360 g/mol. The van der Waals surface area contributed by atoms with E-state index < -0.39 is 43.1 Å². The molecule has 0 bridgehead atoms. The summed E-state index contributed by atoms with van der Waals surface area (Å²) in [7, 11) is 3.61. The van der Waals surface area contributed by atoms with Gasteiger partial charge in [0.15, 0.2) is 0 Å². The van der Waals surface area contributed by atoms with E-state index in [9.17, 15) is 22.8 Å². The number of aromatic nitrogens is 1. The van der Waals surface area contributed by atoms with Gasteiger partial charge in [0.25, 0.3) is 0 Å². The molecule has 2 heterocycles. The number of halogens is 3. The fraction of sp³-hybridized carbons (Fsp3) is 0.533. The zero-order valence-electron chi connectivity index (χ0n) is 13.7. The van der Waals surface area contributed by atoms with Gasteiger partial charge in [0.1, 0.15) is 5.82 Å². The number of hydrogen-bond acceptors (Lipinski definition) is 4. The maximum absolute atomic E-state index is 12.9. The van der Waals surface area contributed by atoms with Gasteiger partial charge in [-0.05, 0) is 12.1 Å². The van der Waals surface area contributed by atoms with Gasteiger partial charge in [0.05, 0.1) is 24.1 Å². The van der Waals surface area contributed by atoms with Crippen LogP contribution in [0.2, 0.25) is 0 Å². The quantitative estimate of drug-likeness (QED) is 0.851. The number of carbonyl (C=O) groups excluding carboxylic acids is 1. The number of carboxylic acid groups (broad SMARTS) is 1. The third kappa shape index (κ3) is 4.52. The lowest BCUT2D eigenvalue weighted by Gasteiger charge is -2.19. The van der Waals surface area contributed by atoms with E-state index in [1.54, 1.807) is 37.2 Å². The van der Waals surface area contributed by atoms with Crippen molar-refractivity contribution in [3.05, 3.63) is 23.9 Å². The Morgan fingerprint density at radius 3 is 2.56 bits per heavy atom. The highest BCUT2D eigenvalue weighted by molar-refractivity contribution is 5.77. The van der Waals surface area contributed by atoms with E-state index in [1.165, 1.54) is 0 Å². The molecule has 2 N–H and O–H groups in total. The van der Waals surface area contributed by atoms with Crippen molar-refractivity contribution in [3.63, 3.8) is 0 Å². The fourth-order valence-corrected chi connectivity index (χ4v) is 2.64. The summed E-state index contributed by atoms with van der Waals surface area (Å²) in [6.07, 6.45) is -4.67. The van der Waals surface area contributed by atoms with Crippen molar-refractivity contribution in [2.24, 2.45) is 11.8 Å². The van der Waals surface area contributed by atoms with E-state index in [-0.39, 0.29) is 6.54 Å². The highest BCUT2D eigenvalue weighted by atomic mass is 19.4. The van der Waals surface area contributed by atoms with Crippen molar-refractivity contribution in [3.8, 4) is 0 Å². The molecule has 0 aliphatic carbocycles. The van der Waals surface area contributed by atoms with Gasteiger partial charge in [0, 0.05) is 27.2 Å². The van der Waals surface area contributed by atoms with Crippen LogP contribution in [0.3, 0.4) is 0 Å². The minimum Gasteiger partial charge on any atom is -0.481 e. The topological polar surface area (TPSA) is 85.8 Å². The smallest absolute Gasteiger partial charge is 0.394 e. The minimum absolute atomic E-state index is 0.0332. The maximum atomic E-state index is 12.9. The van der Waals surface area contributed by atoms with Crippen molar-refractivity contribution in [2.45, 2.75) is 12.7 Å². The summed E-state index contributed by atoms with van der Waals surface area (Å²) in [6.45, 7) is -1.11. The molecule has 2 atom stereocenters. The Morgan fingerprint density at radius 1 is 1.36 bits per heavy atom. The van der Waals surface area contributed by atoms with Gasteiger partial charge in [-0.25, -0.2) is 9.78 Å². The molecule has 10 heteroatoms. The number of amides is 2. The number of carboxylic acids is 1. The molecule has 0 unspecified atom stereocenters. The van der Waals surface area contributed by atoms with E-state index >= 15 is 0 Å². The van der Waals surface area contributed by atoms with Gasteiger partial charge < -0.3 is 20.2 Å². The Morgan fingerprint density at radius 2 is 2.04 bits per heavy atom. The Balaban J connectivity index is 1.99. The molecule has 1 aliphatic heterocycles. The summed E-state index contributed by atoms with van der Waals surface area (Å²) in [6, 6.07) is 4.46. The van der Waals surface area contributed by atoms with Crippen LogP contribution in [0.25, 0.3) is 0 Å². The molecule has 0 spiro atoms. The number of aliphatic carboxylic acids is 1. The molecule has 0 aromatic carbocycles. The zero-order valence-corrected chi connectivity index (χ0v) is 13.7. The van der Waals surface area contributed by atoms with E-state index in [4.69, 9.17) is 5.11 Å². The van der Waals surface area contributed by atoms with Crippen LogP contribution < -0.4 is 10.2 Å². The van der Waals surface area contributed by atoms with Crippen molar-refractivity contribution in [1.29, 1.82) is 0 Å². The first kappa shape index (κ1) is 18.8. The standard InChI is InChI=1S/C15H19F3N4O3/c1-21(2)12-5-3-4-9(20-12)6-19-14(25)22-7-10(13(23)24)11(8-22)15(16,17)18/h3-5,10-11H,6-8H2,1-2H3,(H,19,25)(H,23,24)/t10-,11-/m1/s1. The fourth-order valence-electron chi connectivity index (χ4n) is 2.64. The number of nitrogens with one attached hydrogen (secondary N) is 1.